The molecule has 2 aromatic rings. The lowest BCUT2D eigenvalue weighted by Crippen LogP contribution is -2.37. The molecule has 0 aliphatic carbocycles. The summed E-state index contributed by atoms with van der Waals surface area (Å²) in [6.07, 6.45) is 2.37. The zero-order chi connectivity index (χ0) is 20.3. The van der Waals surface area contributed by atoms with Crippen molar-refractivity contribution in [3.05, 3.63) is 40.8 Å². The van der Waals surface area contributed by atoms with Gasteiger partial charge in [0.2, 0.25) is 15.9 Å². The molecule has 1 fully saturated rings. The summed E-state index contributed by atoms with van der Waals surface area (Å²) in [4.78, 5) is 16.2. The van der Waals surface area contributed by atoms with Crippen molar-refractivity contribution in [2.75, 3.05) is 24.7 Å². The number of carbonyl (C=O) groups is 1. The highest BCUT2D eigenvalue weighted by Gasteiger charge is 2.28. The van der Waals surface area contributed by atoms with E-state index in [-0.39, 0.29) is 29.1 Å². The zero-order valence-corrected chi connectivity index (χ0v) is 16.6. The first-order valence-corrected chi connectivity index (χ1v) is 10.7. The number of hydrogen-bond donors (Lipinski definition) is 2. The van der Waals surface area contributed by atoms with Crippen LogP contribution in [0.1, 0.15) is 30.5 Å². The first kappa shape index (κ1) is 20.5. The molecule has 0 spiro atoms. The predicted octanol–water partition coefficient (Wildman–Crippen LogP) is 2.32. The van der Waals surface area contributed by atoms with Gasteiger partial charge in [0.25, 0.3) is 0 Å². The molecule has 0 bridgehead atoms. The van der Waals surface area contributed by atoms with E-state index in [4.69, 9.17) is 16.1 Å². The molecule has 1 saturated heterocycles. The molecule has 1 aromatic carbocycles. The Kier molecular flexibility index (Phi) is 6.16. The molecule has 2 N–H and O–H groups in total. The highest BCUT2D eigenvalue weighted by atomic mass is 35.5. The van der Waals surface area contributed by atoms with Crippen LogP contribution in [0.15, 0.2) is 22.7 Å². The molecule has 0 saturated carbocycles. The molecular formula is C16H19ClFN5O4S. The fourth-order valence-electron chi connectivity index (χ4n) is 2.87. The van der Waals surface area contributed by atoms with Gasteiger partial charge in [0.05, 0.1) is 23.5 Å². The summed E-state index contributed by atoms with van der Waals surface area (Å²) in [6, 6.07) is 3.62. The van der Waals surface area contributed by atoms with E-state index in [2.05, 4.69) is 20.8 Å². The van der Waals surface area contributed by atoms with Crippen molar-refractivity contribution >= 4 is 33.3 Å². The molecule has 0 atom stereocenters. The Labute approximate surface area is 166 Å². The number of nitrogens with one attached hydrogen (secondary N) is 2. The van der Waals surface area contributed by atoms with Crippen LogP contribution in [-0.2, 0) is 16.6 Å². The third kappa shape index (κ3) is 4.97. The number of nitrogens with zero attached hydrogens (tertiary/aromatic N) is 3. The average molecular weight is 432 g/mol. The summed E-state index contributed by atoms with van der Waals surface area (Å²) in [7, 11) is -3.20. The molecule has 28 heavy (non-hydrogen) atoms. The van der Waals surface area contributed by atoms with Crippen molar-refractivity contribution in [3.63, 3.8) is 0 Å². The summed E-state index contributed by atoms with van der Waals surface area (Å²) in [5.41, 5.74) is -0.0474. The van der Waals surface area contributed by atoms with Gasteiger partial charge in [0.15, 0.2) is 11.6 Å². The number of halogens is 2. The Balaban J connectivity index is 1.51. The van der Waals surface area contributed by atoms with Crippen molar-refractivity contribution in [2.24, 2.45) is 0 Å². The number of aromatic nitrogens is 2. The van der Waals surface area contributed by atoms with Crippen molar-refractivity contribution < 1.29 is 22.1 Å². The quantitative estimate of drug-likeness (QED) is 0.750. The maximum atomic E-state index is 13.8. The summed E-state index contributed by atoms with van der Waals surface area (Å²) in [5.74, 6) is -0.0572. The zero-order valence-electron chi connectivity index (χ0n) is 15.0. The second kappa shape index (κ2) is 8.41. The van der Waals surface area contributed by atoms with Gasteiger partial charge in [0.1, 0.15) is 0 Å². The number of amides is 2. The van der Waals surface area contributed by atoms with Crippen molar-refractivity contribution in [3.8, 4) is 0 Å². The van der Waals surface area contributed by atoms with E-state index in [1.54, 1.807) is 0 Å². The number of hydrogen-bond acceptors (Lipinski definition) is 6. The van der Waals surface area contributed by atoms with Crippen LogP contribution in [0.5, 0.6) is 0 Å². The van der Waals surface area contributed by atoms with Crippen LogP contribution in [0.25, 0.3) is 0 Å². The minimum atomic E-state index is -3.20. The van der Waals surface area contributed by atoms with Crippen LogP contribution in [-0.4, -0.2) is 48.2 Å². The second-order valence-electron chi connectivity index (χ2n) is 6.39. The second-order valence-corrected chi connectivity index (χ2v) is 8.78. The molecule has 9 nitrogen and oxygen atoms in total. The van der Waals surface area contributed by atoms with Gasteiger partial charge in [-0.1, -0.05) is 22.8 Å². The number of anilines is 1. The van der Waals surface area contributed by atoms with Crippen LogP contribution in [0.2, 0.25) is 5.02 Å². The van der Waals surface area contributed by atoms with E-state index >= 15 is 0 Å². The van der Waals surface area contributed by atoms with E-state index in [1.165, 1.54) is 28.8 Å². The maximum Gasteiger partial charge on any atom is 0.319 e. The first-order valence-electron chi connectivity index (χ1n) is 8.50. The molecule has 3 rings (SSSR count). The highest BCUT2D eigenvalue weighted by Crippen LogP contribution is 2.27. The lowest BCUT2D eigenvalue weighted by molar-refractivity contribution is 0.249. The van der Waals surface area contributed by atoms with E-state index in [0.29, 0.717) is 31.8 Å². The number of benzene rings is 1. The summed E-state index contributed by atoms with van der Waals surface area (Å²) in [6.45, 7) is 0.766. The Hall–Kier alpha value is -2.24. The third-order valence-corrected chi connectivity index (χ3v) is 5.97. The Morgan fingerprint density at radius 1 is 1.39 bits per heavy atom. The van der Waals surface area contributed by atoms with Crippen molar-refractivity contribution in [1.82, 2.24) is 19.8 Å². The topological polar surface area (TPSA) is 117 Å². The maximum absolute atomic E-state index is 13.8. The fourth-order valence-corrected chi connectivity index (χ4v) is 3.92. The molecule has 12 heteroatoms. The molecule has 1 aliphatic heterocycles. The van der Waals surface area contributed by atoms with Gasteiger partial charge in [-0.3, -0.25) is 0 Å². The summed E-state index contributed by atoms with van der Waals surface area (Å²) in [5, 5.41) is 8.66. The minimum absolute atomic E-state index is 0.00937. The number of sulfonamides is 1. The highest BCUT2D eigenvalue weighted by molar-refractivity contribution is 7.88. The number of carbonyl (C=O) groups excluding carboxylic acids is 1. The number of piperidine rings is 1. The lowest BCUT2D eigenvalue weighted by Gasteiger charge is -2.28. The van der Waals surface area contributed by atoms with Crippen LogP contribution in [0.3, 0.4) is 0 Å². The summed E-state index contributed by atoms with van der Waals surface area (Å²) < 4.78 is 43.4. The van der Waals surface area contributed by atoms with Gasteiger partial charge in [-0.15, -0.1) is 0 Å². The molecule has 0 unspecified atom stereocenters. The molecule has 1 aromatic heterocycles. The fraction of sp³-hybridized carbons (Fsp3) is 0.438. The van der Waals surface area contributed by atoms with Gasteiger partial charge in [-0.05, 0) is 25.0 Å². The normalized spacial score (nSPS) is 16.1. The third-order valence-electron chi connectivity index (χ3n) is 4.37. The number of urea groups is 1. The van der Waals surface area contributed by atoms with E-state index < -0.39 is 21.9 Å². The Bertz CT molecular complexity index is 960. The molecule has 2 amide bonds. The molecule has 0 radical (unpaired) electrons. The first-order chi connectivity index (χ1) is 13.2. The van der Waals surface area contributed by atoms with Gasteiger partial charge in [0, 0.05) is 19.0 Å². The average Bonchev–Trinajstić information content (AvgIpc) is 3.12. The monoisotopic (exact) mass is 431 g/mol. The smallest absolute Gasteiger partial charge is 0.319 e. The van der Waals surface area contributed by atoms with Gasteiger partial charge in [-0.25, -0.2) is 21.9 Å². The number of rotatable bonds is 5. The van der Waals surface area contributed by atoms with Crippen molar-refractivity contribution in [1.29, 1.82) is 0 Å². The molecular weight excluding hydrogens is 413 g/mol. The molecule has 2 heterocycles. The Morgan fingerprint density at radius 2 is 2.11 bits per heavy atom. The lowest BCUT2D eigenvalue weighted by atomic mass is 9.98. The van der Waals surface area contributed by atoms with Gasteiger partial charge in [-0.2, -0.15) is 4.98 Å². The molecule has 1 aliphatic rings. The van der Waals surface area contributed by atoms with Crippen molar-refractivity contribution in [2.45, 2.75) is 25.3 Å². The summed E-state index contributed by atoms with van der Waals surface area (Å²) >= 11 is 5.66. The van der Waals surface area contributed by atoms with Crippen LogP contribution in [0, 0.1) is 5.82 Å². The van der Waals surface area contributed by atoms with Crippen LogP contribution >= 0.6 is 11.6 Å². The van der Waals surface area contributed by atoms with Gasteiger partial charge >= 0.3 is 6.03 Å². The van der Waals surface area contributed by atoms with Crippen LogP contribution < -0.4 is 10.6 Å². The van der Waals surface area contributed by atoms with E-state index in [0.717, 1.165) is 0 Å². The SMILES string of the molecule is CS(=O)(=O)N1CCC(c2noc(CNC(=O)Nc3cccc(Cl)c3F)n2)CC1. The standard InChI is InChI=1S/C16H19ClFN5O4S/c1-28(25,26)23-7-5-10(6-8-23)15-21-13(27-22-15)9-19-16(24)20-12-4-2-3-11(17)14(12)18/h2-4,10H,5-9H2,1H3,(H2,19,20,24). The Morgan fingerprint density at radius 3 is 2.79 bits per heavy atom. The van der Waals surface area contributed by atoms with E-state index in [1.807, 2.05) is 0 Å². The van der Waals surface area contributed by atoms with Gasteiger partial charge < -0.3 is 15.2 Å². The minimum Gasteiger partial charge on any atom is -0.337 e. The van der Waals surface area contributed by atoms with Crippen LogP contribution in [0.4, 0.5) is 14.9 Å². The van der Waals surface area contributed by atoms with E-state index in [9.17, 15) is 17.6 Å². The predicted molar refractivity (Wildman–Crippen MR) is 100.0 cm³/mol. The largest absolute Gasteiger partial charge is 0.337 e. The molecule has 152 valence electrons.